The lowest BCUT2D eigenvalue weighted by Gasteiger charge is -2.11. The van der Waals surface area contributed by atoms with Crippen LogP contribution in [-0.4, -0.2) is 12.5 Å². The van der Waals surface area contributed by atoms with Gasteiger partial charge in [0.25, 0.3) is 0 Å². The molecule has 1 atom stereocenters. The highest BCUT2D eigenvalue weighted by atomic mass is 19.3. The highest BCUT2D eigenvalue weighted by molar-refractivity contribution is 5.76. The molecule has 1 heterocycles. The number of hydrogen-bond donors (Lipinski definition) is 1. The average molecular weight is 323 g/mol. The Morgan fingerprint density at radius 3 is 2.48 bits per heavy atom. The summed E-state index contributed by atoms with van der Waals surface area (Å²) in [5.41, 5.74) is 0.878. The van der Waals surface area contributed by atoms with E-state index in [1.807, 2.05) is 26.0 Å². The van der Waals surface area contributed by atoms with Crippen LogP contribution in [0.3, 0.4) is 0 Å². The van der Waals surface area contributed by atoms with Crippen LogP contribution < -0.4 is 10.1 Å². The second-order valence-electron chi connectivity index (χ2n) is 5.26. The molecule has 23 heavy (non-hydrogen) atoms. The number of benzene rings is 1. The van der Waals surface area contributed by atoms with Crippen LogP contribution in [0, 0.1) is 6.92 Å². The molecule has 2 rings (SSSR count). The van der Waals surface area contributed by atoms with Gasteiger partial charge in [0.15, 0.2) is 0 Å². The smallest absolute Gasteiger partial charge is 0.387 e. The number of nitrogens with one attached hydrogen (secondary N) is 1. The van der Waals surface area contributed by atoms with Crippen LogP contribution in [-0.2, 0) is 11.2 Å². The monoisotopic (exact) mass is 323 g/mol. The van der Waals surface area contributed by atoms with Crippen molar-refractivity contribution >= 4 is 5.91 Å². The van der Waals surface area contributed by atoms with Crippen LogP contribution in [0.15, 0.2) is 40.8 Å². The molecule has 6 heteroatoms. The Morgan fingerprint density at radius 1 is 1.22 bits per heavy atom. The number of hydrogen-bond acceptors (Lipinski definition) is 3. The van der Waals surface area contributed by atoms with Crippen LogP contribution in [0.4, 0.5) is 8.78 Å². The maximum atomic E-state index is 12.1. The van der Waals surface area contributed by atoms with Gasteiger partial charge in [-0.3, -0.25) is 4.79 Å². The fraction of sp³-hybridized carbons (Fsp3) is 0.353. The third kappa shape index (κ3) is 5.39. The number of ether oxygens (including phenoxy) is 1. The molecule has 1 unspecified atom stereocenters. The van der Waals surface area contributed by atoms with Gasteiger partial charge in [0.2, 0.25) is 5.91 Å². The van der Waals surface area contributed by atoms with Crippen molar-refractivity contribution < 1.29 is 22.7 Å². The summed E-state index contributed by atoms with van der Waals surface area (Å²) in [6.45, 7) is 0.866. The molecule has 0 aliphatic rings. The molecule has 0 bridgehead atoms. The average Bonchev–Trinajstić information content (AvgIpc) is 2.93. The zero-order valence-corrected chi connectivity index (χ0v) is 13.0. The lowest BCUT2D eigenvalue weighted by Crippen LogP contribution is -2.26. The van der Waals surface area contributed by atoms with Crippen LogP contribution in [0.1, 0.15) is 36.5 Å². The molecule has 1 aromatic heterocycles. The Labute approximate surface area is 133 Å². The first-order valence-electron chi connectivity index (χ1n) is 7.33. The number of rotatable bonds is 7. The van der Waals surface area contributed by atoms with Crippen LogP contribution >= 0.6 is 0 Å². The van der Waals surface area contributed by atoms with Crippen molar-refractivity contribution in [3.63, 3.8) is 0 Å². The minimum Gasteiger partial charge on any atom is -0.464 e. The first-order valence-corrected chi connectivity index (χ1v) is 7.33. The summed E-state index contributed by atoms with van der Waals surface area (Å²) in [6.07, 6.45) is 0.823. The fourth-order valence-corrected chi connectivity index (χ4v) is 2.17. The third-order valence-electron chi connectivity index (χ3n) is 3.35. The van der Waals surface area contributed by atoms with Gasteiger partial charge < -0.3 is 14.5 Å². The molecule has 124 valence electrons. The molecular weight excluding hydrogens is 304 g/mol. The topological polar surface area (TPSA) is 51.5 Å². The summed E-state index contributed by atoms with van der Waals surface area (Å²) in [7, 11) is 0. The largest absolute Gasteiger partial charge is 0.464 e. The van der Waals surface area contributed by atoms with Gasteiger partial charge in [-0.1, -0.05) is 12.1 Å². The van der Waals surface area contributed by atoms with Crippen molar-refractivity contribution in [2.45, 2.75) is 39.3 Å². The quantitative estimate of drug-likeness (QED) is 0.838. The summed E-state index contributed by atoms with van der Waals surface area (Å²) in [6, 6.07) is 9.76. The summed E-state index contributed by atoms with van der Waals surface area (Å²) >= 11 is 0. The Morgan fingerprint density at radius 2 is 1.91 bits per heavy atom. The molecule has 4 nitrogen and oxygen atoms in total. The molecule has 0 aliphatic carbocycles. The van der Waals surface area contributed by atoms with Gasteiger partial charge in [-0.05, 0) is 50.1 Å². The summed E-state index contributed by atoms with van der Waals surface area (Å²) < 4.78 is 33.8. The van der Waals surface area contributed by atoms with E-state index in [2.05, 4.69) is 10.1 Å². The molecule has 0 spiro atoms. The molecule has 0 saturated heterocycles. The molecule has 2 aromatic rings. The second-order valence-corrected chi connectivity index (χ2v) is 5.26. The van der Waals surface area contributed by atoms with Crippen LogP contribution in [0.2, 0.25) is 0 Å². The third-order valence-corrected chi connectivity index (χ3v) is 3.35. The predicted molar refractivity (Wildman–Crippen MR) is 81.4 cm³/mol. The SMILES string of the molecule is Cc1ccc(C(C)NC(=O)CCc2ccc(OC(F)F)cc2)o1. The van der Waals surface area contributed by atoms with E-state index in [0.29, 0.717) is 18.6 Å². The van der Waals surface area contributed by atoms with Gasteiger partial charge in [-0.15, -0.1) is 0 Å². The lowest BCUT2D eigenvalue weighted by atomic mass is 10.1. The van der Waals surface area contributed by atoms with E-state index in [1.165, 1.54) is 12.1 Å². The number of carbonyl (C=O) groups excluding carboxylic acids is 1. The Hall–Kier alpha value is -2.37. The molecule has 0 radical (unpaired) electrons. The normalized spacial score (nSPS) is 12.2. The van der Waals surface area contributed by atoms with Gasteiger partial charge in [-0.25, -0.2) is 0 Å². The minimum atomic E-state index is -2.83. The van der Waals surface area contributed by atoms with E-state index in [9.17, 15) is 13.6 Å². The number of halogens is 2. The number of alkyl halides is 2. The van der Waals surface area contributed by atoms with Crippen molar-refractivity contribution in [2.24, 2.45) is 0 Å². The zero-order valence-electron chi connectivity index (χ0n) is 13.0. The number of carbonyl (C=O) groups is 1. The van der Waals surface area contributed by atoms with E-state index in [4.69, 9.17) is 4.42 Å². The Balaban J connectivity index is 1.79. The molecule has 1 aromatic carbocycles. The number of amides is 1. The summed E-state index contributed by atoms with van der Waals surface area (Å²) in [5, 5.41) is 2.86. The molecule has 1 N–H and O–H groups in total. The predicted octanol–water partition coefficient (Wildman–Crippen LogP) is 4.00. The van der Waals surface area contributed by atoms with E-state index in [1.54, 1.807) is 12.1 Å². The van der Waals surface area contributed by atoms with E-state index < -0.39 is 6.61 Å². The number of furan rings is 1. The Kier molecular flexibility index (Phi) is 5.73. The van der Waals surface area contributed by atoms with Crippen molar-refractivity contribution in [1.82, 2.24) is 5.32 Å². The standard InChI is InChI=1S/C17H19F2NO3/c1-11-3-9-15(22-11)12(2)20-16(21)10-6-13-4-7-14(8-5-13)23-17(18)19/h3-5,7-9,12,17H,6,10H2,1-2H3,(H,20,21). The first-order chi connectivity index (χ1) is 10.9. The summed E-state index contributed by atoms with van der Waals surface area (Å²) in [5.74, 6) is 1.52. The maximum absolute atomic E-state index is 12.1. The molecule has 0 saturated carbocycles. The minimum absolute atomic E-state index is 0.0977. The first kappa shape index (κ1) is 17.0. The zero-order chi connectivity index (χ0) is 16.8. The number of aryl methyl sites for hydroxylation is 2. The van der Waals surface area contributed by atoms with Gasteiger partial charge in [0.1, 0.15) is 17.3 Å². The van der Waals surface area contributed by atoms with Crippen LogP contribution in [0.5, 0.6) is 5.75 Å². The van der Waals surface area contributed by atoms with E-state index in [-0.39, 0.29) is 17.7 Å². The van der Waals surface area contributed by atoms with Gasteiger partial charge >= 0.3 is 6.61 Å². The fourth-order valence-electron chi connectivity index (χ4n) is 2.17. The van der Waals surface area contributed by atoms with E-state index >= 15 is 0 Å². The van der Waals surface area contributed by atoms with E-state index in [0.717, 1.165) is 11.3 Å². The molecule has 0 aliphatic heterocycles. The van der Waals surface area contributed by atoms with Crippen molar-refractivity contribution in [1.29, 1.82) is 0 Å². The second kappa shape index (κ2) is 7.76. The summed E-state index contributed by atoms with van der Waals surface area (Å²) in [4.78, 5) is 11.9. The van der Waals surface area contributed by atoms with Crippen molar-refractivity contribution in [2.75, 3.05) is 0 Å². The lowest BCUT2D eigenvalue weighted by molar-refractivity contribution is -0.121. The highest BCUT2D eigenvalue weighted by Gasteiger charge is 2.12. The van der Waals surface area contributed by atoms with Gasteiger partial charge in [-0.2, -0.15) is 8.78 Å². The van der Waals surface area contributed by atoms with Crippen LogP contribution in [0.25, 0.3) is 0 Å². The molecular formula is C17H19F2NO3. The Bertz CT molecular complexity index is 638. The van der Waals surface area contributed by atoms with Gasteiger partial charge in [0, 0.05) is 6.42 Å². The maximum Gasteiger partial charge on any atom is 0.387 e. The molecule has 0 fully saturated rings. The molecule has 1 amide bonds. The van der Waals surface area contributed by atoms with Crippen molar-refractivity contribution in [3.8, 4) is 5.75 Å². The van der Waals surface area contributed by atoms with Crippen molar-refractivity contribution in [3.05, 3.63) is 53.5 Å². The van der Waals surface area contributed by atoms with Gasteiger partial charge in [0.05, 0.1) is 6.04 Å². The highest BCUT2D eigenvalue weighted by Crippen LogP contribution is 2.17.